The fourth-order valence-corrected chi connectivity index (χ4v) is 3.51. The molecule has 3 N–H and O–H groups in total. The number of Topliss-reactive ketones (excluding diaryl/α,β-unsaturated/α-hetero) is 1. The maximum Gasteiger partial charge on any atom is 0.220 e. The van der Waals surface area contributed by atoms with E-state index in [1.165, 1.54) is 6.20 Å². The predicted molar refractivity (Wildman–Crippen MR) is 129 cm³/mol. The third-order valence-electron chi connectivity index (χ3n) is 5.43. The minimum atomic E-state index is -0.0814. The van der Waals surface area contributed by atoms with Crippen molar-refractivity contribution in [3.63, 3.8) is 0 Å². The lowest BCUT2D eigenvalue weighted by atomic mass is 10.0. The van der Waals surface area contributed by atoms with E-state index >= 15 is 0 Å². The molecule has 3 aromatic rings. The Bertz CT molecular complexity index is 1120. The number of rotatable bonds is 11. The highest BCUT2D eigenvalue weighted by Gasteiger charge is 2.14. The molecule has 0 aliphatic rings. The quantitative estimate of drug-likeness (QED) is 0.419. The first-order valence-corrected chi connectivity index (χ1v) is 10.8. The van der Waals surface area contributed by atoms with Gasteiger partial charge >= 0.3 is 0 Å². The molecule has 1 amide bonds. The smallest absolute Gasteiger partial charge is 0.220 e. The Kier molecular flexibility index (Phi) is 8.45. The number of carbonyl (C=O) groups excluding carboxylic acids is 2. The lowest BCUT2D eigenvalue weighted by molar-refractivity contribution is -0.121. The minimum Gasteiger partial charge on any atom is -0.493 e. The van der Waals surface area contributed by atoms with Gasteiger partial charge in [-0.3, -0.25) is 14.6 Å². The lowest BCUT2D eigenvalue weighted by Crippen LogP contribution is -2.23. The molecule has 178 valence electrons. The number of pyridine rings is 1. The van der Waals surface area contributed by atoms with Crippen LogP contribution >= 0.6 is 0 Å². The van der Waals surface area contributed by atoms with Gasteiger partial charge in [-0.2, -0.15) is 0 Å². The number of benzene rings is 2. The zero-order chi connectivity index (χ0) is 24.5. The van der Waals surface area contributed by atoms with Gasteiger partial charge in [0.2, 0.25) is 11.7 Å². The number of carbonyl (C=O) groups is 2. The van der Waals surface area contributed by atoms with Gasteiger partial charge < -0.3 is 25.3 Å². The maximum atomic E-state index is 12.5. The molecule has 0 unspecified atom stereocenters. The number of ketones is 1. The molecule has 3 rings (SSSR count). The average Bonchev–Trinajstić information content (AvgIpc) is 2.87. The molecule has 0 aliphatic carbocycles. The van der Waals surface area contributed by atoms with Crippen molar-refractivity contribution in [1.82, 2.24) is 10.3 Å². The van der Waals surface area contributed by atoms with Gasteiger partial charge in [-0.1, -0.05) is 24.3 Å². The maximum absolute atomic E-state index is 12.5. The van der Waals surface area contributed by atoms with Gasteiger partial charge in [0.15, 0.2) is 17.3 Å². The number of hydrogen-bond donors (Lipinski definition) is 2. The van der Waals surface area contributed by atoms with Crippen LogP contribution in [0.3, 0.4) is 0 Å². The molecular formula is C26H29N3O5. The zero-order valence-corrected chi connectivity index (χ0v) is 19.6. The summed E-state index contributed by atoms with van der Waals surface area (Å²) in [6.07, 6.45) is 4.20. The van der Waals surface area contributed by atoms with Crippen LogP contribution < -0.4 is 25.3 Å². The molecule has 1 heterocycles. The van der Waals surface area contributed by atoms with Crippen molar-refractivity contribution in [3.8, 4) is 17.2 Å². The fraction of sp³-hybridized carbons (Fsp3) is 0.269. The van der Waals surface area contributed by atoms with Gasteiger partial charge in [0.1, 0.15) is 0 Å². The Balaban J connectivity index is 1.51. The molecule has 0 saturated carbocycles. The number of aryl methyl sites for hydroxylation is 1. The summed E-state index contributed by atoms with van der Waals surface area (Å²) in [4.78, 5) is 28.8. The first-order chi connectivity index (χ1) is 16.4. The van der Waals surface area contributed by atoms with Crippen LogP contribution in [0, 0.1) is 0 Å². The Labute approximate surface area is 199 Å². The first kappa shape index (κ1) is 24.6. The summed E-state index contributed by atoms with van der Waals surface area (Å²) in [5, 5.41) is 2.91. The second-order valence-corrected chi connectivity index (χ2v) is 7.68. The minimum absolute atomic E-state index is 0.0289. The van der Waals surface area contributed by atoms with Crippen molar-refractivity contribution < 1.29 is 23.8 Å². The summed E-state index contributed by atoms with van der Waals surface area (Å²) < 4.78 is 16.0. The fourth-order valence-electron chi connectivity index (χ4n) is 3.51. The number of nitrogens with one attached hydrogen (secondary N) is 1. The summed E-state index contributed by atoms with van der Waals surface area (Å²) in [7, 11) is 4.66. The Morgan fingerprint density at radius 3 is 2.21 bits per heavy atom. The molecule has 8 heteroatoms. The monoisotopic (exact) mass is 463 g/mol. The molecule has 1 aromatic heterocycles. The summed E-state index contributed by atoms with van der Waals surface area (Å²) in [5.41, 5.74) is 9.52. The van der Waals surface area contributed by atoms with Crippen molar-refractivity contribution in [3.05, 3.63) is 77.1 Å². The summed E-state index contributed by atoms with van der Waals surface area (Å²) in [5.74, 6) is 1.52. The van der Waals surface area contributed by atoms with Crippen molar-refractivity contribution >= 4 is 17.4 Å². The Morgan fingerprint density at radius 2 is 1.62 bits per heavy atom. The lowest BCUT2D eigenvalue weighted by Gasteiger charge is -2.14. The standard InChI is InChI=1S/C26H29N3O5/c1-32-23-12-18(13-24(33-2)26(23)34-3)6-9-25(31)29-15-17-4-7-19(8-5-17)22(30)14-20-10-11-28-16-21(20)27/h4-5,7-8,10-13,16H,6,9,14-15,27H2,1-3H3,(H,29,31). The number of methoxy groups -OCH3 is 3. The first-order valence-electron chi connectivity index (χ1n) is 10.8. The van der Waals surface area contributed by atoms with E-state index in [-0.39, 0.29) is 18.1 Å². The highest BCUT2D eigenvalue weighted by molar-refractivity contribution is 5.98. The van der Waals surface area contributed by atoms with Gasteiger partial charge in [-0.25, -0.2) is 0 Å². The molecule has 0 radical (unpaired) electrons. The van der Waals surface area contributed by atoms with Crippen LogP contribution in [0.1, 0.15) is 33.5 Å². The van der Waals surface area contributed by atoms with Crippen LogP contribution in [0.15, 0.2) is 54.9 Å². The van der Waals surface area contributed by atoms with Crippen LogP contribution in [-0.4, -0.2) is 38.0 Å². The van der Waals surface area contributed by atoms with E-state index in [1.54, 1.807) is 45.7 Å². The SMILES string of the molecule is COc1cc(CCC(=O)NCc2ccc(C(=O)Cc3ccncc3N)cc2)cc(OC)c1OC. The summed E-state index contributed by atoms with van der Waals surface area (Å²) in [6, 6.07) is 12.6. The number of hydrogen-bond acceptors (Lipinski definition) is 7. The molecule has 34 heavy (non-hydrogen) atoms. The van der Waals surface area contributed by atoms with Gasteiger partial charge in [0, 0.05) is 31.1 Å². The molecule has 0 aliphatic heterocycles. The number of nitrogens with zero attached hydrogens (tertiary/aromatic N) is 1. The number of ether oxygens (including phenoxy) is 3. The molecular weight excluding hydrogens is 434 g/mol. The van der Waals surface area contributed by atoms with Crippen LogP contribution in [0.25, 0.3) is 0 Å². The topological polar surface area (TPSA) is 113 Å². The normalized spacial score (nSPS) is 10.4. The molecule has 0 spiro atoms. The summed E-state index contributed by atoms with van der Waals surface area (Å²) in [6.45, 7) is 0.375. The molecule has 0 fully saturated rings. The van der Waals surface area contributed by atoms with Gasteiger partial charge in [-0.05, 0) is 41.3 Å². The van der Waals surface area contributed by atoms with E-state index in [0.29, 0.717) is 47.9 Å². The average molecular weight is 464 g/mol. The number of nitrogen functional groups attached to an aromatic ring is 1. The number of aromatic nitrogens is 1. The van der Waals surface area contributed by atoms with Crippen molar-refractivity contribution in [2.45, 2.75) is 25.8 Å². The largest absolute Gasteiger partial charge is 0.493 e. The van der Waals surface area contributed by atoms with Gasteiger partial charge in [0.25, 0.3) is 0 Å². The molecule has 0 saturated heterocycles. The second-order valence-electron chi connectivity index (χ2n) is 7.68. The molecule has 0 bridgehead atoms. The van der Waals surface area contributed by atoms with E-state index in [0.717, 1.165) is 16.7 Å². The van der Waals surface area contributed by atoms with Crippen LogP contribution in [0.2, 0.25) is 0 Å². The second kappa shape index (κ2) is 11.7. The van der Waals surface area contributed by atoms with Gasteiger partial charge in [-0.15, -0.1) is 0 Å². The predicted octanol–water partition coefficient (Wildman–Crippen LogP) is 3.36. The third kappa shape index (κ3) is 6.25. The van der Waals surface area contributed by atoms with E-state index in [1.807, 2.05) is 24.3 Å². The van der Waals surface area contributed by atoms with E-state index in [9.17, 15) is 9.59 Å². The number of nitrogens with two attached hydrogens (primary N) is 1. The number of anilines is 1. The summed E-state index contributed by atoms with van der Waals surface area (Å²) >= 11 is 0. The van der Waals surface area contributed by atoms with Crippen molar-refractivity contribution in [2.75, 3.05) is 27.1 Å². The zero-order valence-electron chi connectivity index (χ0n) is 19.6. The molecule has 0 atom stereocenters. The van der Waals surface area contributed by atoms with Crippen LogP contribution in [0.4, 0.5) is 5.69 Å². The van der Waals surface area contributed by atoms with Gasteiger partial charge in [0.05, 0.1) is 33.2 Å². The van der Waals surface area contributed by atoms with Crippen molar-refractivity contribution in [1.29, 1.82) is 0 Å². The van der Waals surface area contributed by atoms with Crippen LogP contribution in [0.5, 0.6) is 17.2 Å². The third-order valence-corrected chi connectivity index (χ3v) is 5.43. The molecule has 2 aromatic carbocycles. The highest BCUT2D eigenvalue weighted by Crippen LogP contribution is 2.38. The van der Waals surface area contributed by atoms with Crippen LogP contribution in [-0.2, 0) is 24.2 Å². The van der Waals surface area contributed by atoms with E-state index in [4.69, 9.17) is 19.9 Å². The molecule has 8 nitrogen and oxygen atoms in total. The number of amides is 1. The van der Waals surface area contributed by atoms with Crippen molar-refractivity contribution in [2.24, 2.45) is 0 Å². The Morgan fingerprint density at radius 1 is 0.941 bits per heavy atom. The van der Waals surface area contributed by atoms with E-state index < -0.39 is 0 Å². The van der Waals surface area contributed by atoms with E-state index in [2.05, 4.69) is 10.3 Å². The highest BCUT2D eigenvalue weighted by atomic mass is 16.5. The Hall–Kier alpha value is -4.07.